The number of aliphatic carboxylic acids is 1. The Labute approximate surface area is 92.5 Å². The lowest BCUT2D eigenvalue weighted by molar-refractivity contribution is -0.151. The van der Waals surface area contributed by atoms with Crippen LogP contribution in [0.5, 0.6) is 0 Å². The second-order valence-corrected chi connectivity index (χ2v) is 3.75. The zero-order valence-corrected chi connectivity index (χ0v) is 10.1. The Hall–Kier alpha value is -0.280. The van der Waals surface area contributed by atoms with E-state index in [1.54, 1.807) is 6.92 Å². The maximum Gasteiger partial charge on any atom is 0.311 e. The highest BCUT2D eigenvalue weighted by molar-refractivity contribution is 5.85. The third-order valence-corrected chi connectivity index (χ3v) is 2.69. The Morgan fingerprint density at radius 1 is 1.36 bits per heavy atom. The maximum atomic E-state index is 11.2. The Bertz CT molecular complexity index is 166. The SMILES string of the molecule is CCCC(CCC)(C(=O)O)C(C)N.Cl. The molecule has 0 aliphatic heterocycles. The number of nitrogens with two attached hydrogens (primary N) is 1. The first kappa shape index (κ1) is 16.2. The number of carboxylic acid groups (broad SMARTS) is 1. The maximum absolute atomic E-state index is 11.2. The lowest BCUT2D eigenvalue weighted by Crippen LogP contribution is -2.45. The molecule has 0 fully saturated rings. The summed E-state index contributed by atoms with van der Waals surface area (Å²) >= 11 is 0. The van der Waals surface area contributed by atoms with Crippen LogP contribution >= 0.6 is 12.4 Å². The van der Waals surface area contributed by atoms with Crippen molar-refractivity contribution in [2.24, 2.45) is 11.1 Å². The van der Waals surface area contributed by atoms with Gasteiger partial charge < -0.3 is 10.8 Å². The van der Waals surface area contributed by atoms with E-state index in [2.05, 4.69) is 0 Å². The molecular formula is C10H22ClNO2. The summed E-state index contributed by atoms with van der Waals surface area (Å²) in [6.07, 6.45) is 3.09. The quantitative estimate of drug-likeness (QED) is 0.727. The van der Waals surface area contributed by atoms with Crippen LogP contribution in [0.2, 0.25) is 0 Å². The van der Waals surface area contributed by atoms with Gasteiger partial charge in [-0.3, -0.25) is 4.79 Å². The standard InChI is InChI=1S/C10H21NO2.ClH/c1-4-6-10(7-5-2,8(3)11)9(12)13;/h8H,4-7,11H2,1-3H3,(H,12,13);1H. The van der Waals surface area contributed by atoms with E-state index in [1.807, 2.05) is 13.8 Å². The molecular weight excluding hydrogens is 202 g/mol. The molecule has 0 heterocycles. The molecule has 0 bridgehead atoms. The summed E-state index contributed by atoms with van der Waals surface area (Å²) in [5, 5.41) is 9.18. The predicted octanol–water partition coefficient (Wildman–Crippen LogP) is 2.43. The molecule has 0 radical (unpaired) electrons. The van der Waals surface area contributed by atoms with Gasteiger partial charge in [0.15, 0.2) is 0 Å². The number of hydrogen-bond acceptors (Lipinski definition) is 2. The third-order valence-electron chi connectivity index (χ3n) is 2.69. The van der Waals surface area contributed by atoms with Gasteiger partial charge in [-0.15, -0.1) is 12.4 Å². The molecule has 86 valence electrons. The van der Waals surface area contributed by atoms with Crippen LogP contribution in [0.4, 0.5) is 0 Å². The van der Waals surface area contributed by atoms with Crippen molar-refractivity contribution in [1.29, 1.82) is 0 Å². The highest BCUT2D eigenvalue weighted by atomic mass is 35.5. The van der Waals surface area contributed by atoms with Gasteiger partial charge in [0.05, 0.1) is 5.41 Å². The molecule has 3 N–H and O–H groups in total. The Morgan fingerprint density at radius 2 is 1.71 bits per heavy atom. The third kappa shape index (κ3) is 3.46. The fourth-order valence-corrected chi connectivity index (χ4v) is 1.88. The average Bonchev–Trinajstić information content (AvgIpc) is 2.03. The van der Waals surface area contributed by atoms with Gasteiger partial charge in [0.2, 0.25) is 0 Å². The van der Waals surface area contributed by atoms with E-state index >= 15 is 0 Å². The zero-order chi connectivity index (χ0) is 10.5. The van der Waals surface area contributed by atoms with Crippen molar-refractivity contribution < 1.29 is 9.90 Å². The molecule has 4 heteroatoms. The Kier molecular flexibility index (Phi) is 8.16. The molecule has 0 rings (SSSR count). The van der Waals surface area contributed by atoms with Crippen molar-refractivity contribution in [2.45, 2.75) is 52.5 Å². The molecule has 3 nitrogen and oxygen atoms in total. The van der Waals surface area contributed by atoms with E-state index in [4.69, 9.17) is 5.73 Å². The van der Waals surface area contributed by atoms with Gasteiger partial charge >= 0.3 is 5.97 Å². The van der Waals surface area contributed by atoms with E-state index in [1.165, 1.54) is 0 Å². The summed E-state index contributed by atoms with van der Waals surface area (Å²) in [4.78, 5) is 11.2. The normalized spacial score (nSPS) is 13.1. The van der Waals surface area contributed by atoms with Crippen molar-refractivity contribution in [3.05, 3.63) is 0 Å². The minimum atomic E-state index is -0.744. The van der Waals surface area contributed by atoms with E-state index < -0.39 is 11.4 Å². The first-order valence-electron chi connectivity index (χ1n) is 5.00. The second kappa shape index (κ2) is 7.07. The lowest BCUT2D eigenvalue weighted by Gasteiger charge is -2.32. The molecule has 0 amide bonds. The average molecular weight is 224 g/mol. The van der Waals surface area contributed by atoms with E-state index in [-0.39, 0.29) is 18.4 Å². The molecule has 0 aliphatic carbocycles. The van der Waals surface area contributed by atoms with E-state index in [0.29, 0.717) is 12.8 Å². The number of carbonyl (C=O) groups is 1. The van der Waals surface area contributed by atoms with E-state index in [0.717, 1.165) is 12.8 Å². The topological polar surface area (TPSA) is 63.3 Å². The van der Waals surface area contributed by atoms with Crippen molar-refractivity contribution >= 4 is 18.4 Å². The van der Waals surface area contributed by atoms with Crippen molar-refractivity contribution in [2.75, 3.05) is 0 Å². The van der Waals surface area contributed by atoms with Crippen LogP contribution in [-0.4, -0.2) is 17.1 Å². The molecule has 14 heavy (non-hydrogen) atoms. The summed E-state index contributed by atoms with van der Waals surface area (Å²) < 4.78 is 0. The molecule has 1 atom stereocenters. The summed E-state index contributed by atoms with van der Waals surface area (Å²) in [7, 11) is 0. The smallest absolute Gasteiger partial charge is 0.311 e. The number of hydrogen-bond donors (Lipinski definition) is 2. The molecule has 0 saturated heterocycles. The van der Waals surface area contributed by atoms with Gasteiger partial charge in [0.1, 0.15) is 0 Å². The van der Waals surface area contributed by atoms with Crippen LogP contribution in [0.3, 0.4) is 0 Å². The predicted molar refractivity (Wildman–Crippen MR) is 60.8 cm³/mol. The van der Waals surface area contributed by atoms with Crippen LogP contribution in [0, 0.1) is 5.41 Å². The van der Waals surface area contributed by atoms with Crippen molar-refractivity contribution in [3.63, 3.8) is 0 Å². The van der Waals surface area contributed by atoms with Crippen LogP contribution in [0.1, 0.15) is 46.5 Å². The van der Waals surface area contributed by atoms with Gasteiger partial charge in [0, 0.05) is 6.04 Å². The van der Waals surface area contributed by atoms with Gasteiger partial charge in [0.25, 0.3) is 0 Å². The van der Waals surface area contributed by atoms with Crippen LogP contribution in [-0.2, 0) is 4.79 Å². The molecule has 0 aliphatic rings. The first-order chi connectivity index (χ1) is 6.01. The van der Waals surface area contributed by atoms with Crippen molar-refractivity contribution in [1.82, 2.24) is 0 Å². The van der Waals surface area contributed by atoms with Gasteiger partial charge in [-0.1, -0.05) is 26.7 Å². The van der Waals surface area contributed by atoms with Gasteiger partial charge in [-0.05, 0) is 19.8 Å². The molecule has 1 unspecified atom stereocenters. The summed E-state index contributed by atoms with van der Waals surface area (Å²) in [6, 6.07) is -0.273. The monoisotopic (exact) mass is 223 g/mol. The number of carboxylic acids is 1. The van der Waals surface area contributed by atoms with Crippen LogP contribution < -0.4 is 5.73 Å². The zero-order valence-electron chi connectivity index (χ0n) is 9.25. The van der Waals surface area contributed by atoms with Crippen LogP contribution in [0.15, 0.2) is 0 Å². The second-order valence-electron chi connectivity index (χ2n) is 3.75. The number of rotatable bonds is 6. The van der Waals surface area contributed by atoms with Crippen LogP contribution in [0.25, 0.3) is 0 Å². The van der Waals surface area contributed by atoms with Gasteiger partial charge in [-0.25, -0.2) is 0 Å². The highest BCUT2D eigenvalue weighted by Gasteiger charge is 2.40. The fraction of sp³-hybridized carbons (Fsp3) is 0.900. The summed E-state index contributed by atoms with van der Waals surface area (Å²) in [6.45, 7) is 5.78. The fourth-order valence-electron chi connectivity index (χ4n) is 1.88. The number of halogens is 1. The molecule has 0 aromatic carbocycles. The molecule has 0 saturated carbocycles. The summed E-state index contributed by atoms with van der Waals surface area (Å²) in [5.74, 6) is -0.744. The van der Waals surface area contributed by atoms with E-state index in [9.17, 15) is 9.90 Å². The van der Waals surface area contributed by atoms with Crippen molar-refractivity contribution in [3.8, 4) is 0 Å². The largest absolute Gasteiger partial charge is 0.481 e. The first-order valence-corrected chi connectivity index (χ1v) is 5.00. The minimum absolute atomic E-state index is 0. The van der Waals surface area contributed by atoms with Gasteiger partial charge in [-0.2, -0.15) is 0 Å². The molecule has 0 aromatic rings. The molecule has 0 spiro atoms. The lowest BCUT2D eigenvalue weighted by atomic mass is 9.74. The Balaban J connectivity index is 0. The summed E-state index contributed by atoms with van der Waals surface area (Å²) in [5.41, 5.74) is 5.06. The highest BCUT2D eigenvalue weighted by Crippen LogP contribution is 2.33. The minimum Gasteiger partial charge on any atom is -0.481 e. The Morgan fingerprint density at radius 3 is 1.86 bits per heavy atom. The molecule has 0 aromatic heterocycles.